The first-order valence-corrected chi connectivity index (χ1v) is 10.4. The van der Waals surface area contributed by atoms with Crippen molar-refractivity contribution in [2.24, 2.45) is 5.92 Å². The molecule has 1 aromatic carbocycles. The zero-order valence-corrected chi connectivity index (χ0v) is 16.5. The summed E-state index contributed by atoms with van der Waals surface area (Å²) in [5.41, 5.74) is 2.13. The first-order chi connectivity index (χ1) is 13.1. The second-order valence-electron chi connectivity index (χ2n) is 7.31. The standard InChI is InChI=1S/C20H19ClN2O3S/c1-11-2-3-13-16(6-11)27-19-17(13)20(24)23(10-22-19)9-12-7-14(21)18-15(8-12)25-4-5-26-18/h7-8,10-11H,2-6,9H2,1H3. The van der Waals surface area contributed by atoms with Crippen molar-refractivity contribution < 1.29 is 9.47 Å². The quantitative estimate of drug-likeness (QED) is 0.648. The van der Waals surface area contributed by atoms with E-state index in [0.717, 1.165) is 35.0 Å². The highest BCUT2D eigenvalue weighted by Gasteiger charge is 2.23. The number of thiophene rings is 1. The van der Waals surface area contributed by atoms with E-state index in [9.17, 15) is 4.79 Å². The van der Waals surface area contributed by atoms with Crippen molar-refractivity contribution in [2.45, 2.75) is 32.7 Å². The molecule has 0 saturated heterocycles. The molecule has 7 heteroatoms. The van der Waals surface area contributed by atoms with Crippen molar-refractivity contribution >= 4 is 33.2 Å². The third kappa shape index (κ3) is 2.91. The van der Waals surface area contributed by atoms with Gasteiger partial charge in [-0.1, -0.05) is 18.5 Å². The van der Waals surface area contributed by atoms with Crippen LogP contribution in [-0.2, 0) is 19.4 Å². The topological polar surface area (TPSA) is 53.4 Å². The Bertz CT molecular complexity index is 1100. The predicted molar refractivity (Wildman–Crippen MR) is 107 cm³/mol. The van der Waals surface area contributed by atoms with Gasteiger partial charge in [0.15, 0.2) is 11.5 Å². The molecule has 0 bridgehead atoms. The molecule has 2 aliphatic rings. The van der Waals surface area contributed by atoms with E-state index >= 15 is 0 Å². The van der Waals surface area contributed by atoms with E-state index in [-0.39, 0.29) is 5.56 Å². The number of fused-ring (bicyclic) bond motifs is 4. The molecule has 3 heterocycles. The summed E-state index contributed by atoms with van der Waals surface area (Å²) in [7, 11) is 0. The van der Waals surface area contributed by atoms with Crippen LogP contribution in [0.3, 0.4) is 0 Å². The van der Waals surface area contributed by atoms with Gasteiger partial charge in [-0.15, -0.1) is 11.3 Å². The van der Waals surface area contributed by atoms with Crippen LogP contribution in [0.25, 0.3) is 10.2 Å². The average molecular weight is 403 g/mol. The summed E-state index contributed by atoms with van der Waals surface area (Å²) in [4.78, 5) is 19.9. The van der Waals surface area contributed by atoms with Crippen molar-refractivity contribution in [1.29, 1.82) is 0 Å². The Labute approximate surface area is 165 Å². The van der Waals surface area contributed by atoms with Gasteiger partial charge in [-0.2, -0.15) is 0 Å². The largest absolute Gasteiger partial charge is 0.486 e. The molecular formula is C20H19ClN2O3S. The van der Waals surface area contributed by atoms with Gasteiger partial charge in [0.2, 0.25) is 0 Å². The van der Waals surface area contributed by atoms with Crippen LogP contribution in [0.4, 0.5) is 0 Å². The molecule has 0 radical (unpaired) electrons. The van der Waals surface area contributed by atoms with Gasteiger partial charge in [0.1, 0.15) is 18.0 Å². The smallest absolute Gasteiger partial charge is 0.262 e. The predicted octanol–water partition coefficient (Wildman–Crippen LogP) is 4.06. The normalized spacial score (nSPS) is 18.5. The molecule has 5 nitrogen and oxygen atoms in total. The number of halogens is 1. The van der Waals surface area contributed by atoms with Crippen LogP contribution in [0.2, 0.25) is 5.02 Å². The molecule has 0 saturated carbocycles. The first kappa shape index (κ1) is 17.1. The van der Waals surface area contributed by atoms with Gasteiger partial charge in [0, 0.05) is 4.88 Å². The Morgan fingerprint density at radius 2 is 2.19 bits per heavy atom. The van der Waals surface area contributed by atoms with Gasteiger partial charge in [-0.25, -0.2) is 4.98 Å². The Morgan fingerprint density at radius 1 is 1.33 bits per heavy atom. The van der Waals surface area contributed by atoms with Crippen molar-refractivity contribution in [3.63, 3.8) is 0 Å². The SMILES string of the molecule is CC1CCc2c(sc3ncn(Cc4cc(Cl)c5c(c4)OCCO5)c(=O)c23)C1. The molecule has 140 valence electrons. The maximum absolute atomic E-state index is 13.2. The van der Waals surface area contributed by atoms with E-state index < -0.39 is 0 Å². The molecule has 0 spiro atoms. The summed E-state index contributed by atoms with van der Waals surface area (Å²) in [6.45, 7) is 3.66. The highest BCUT2D eigenvalue weighted by atomic mass is 35.5. The number of aryl methyl sites for hydroxylation is 1. The summed E-state index contributed by atoms with van der Waals surface area (Å²) >= 11 is 8.00. The van der Waals surface area contributed by atoms with Crippen LogP contribution in [0.5, 0.6) is 11.5 Å². The molecule has 1 aliphatic heterocycles. The van der Waals surface area contributed by atoms with Gasteiger partial charge in [-0.05, 0) is 48.4 Å². The summed E-state index contributed by atoms with van der Waals surface area (Å²) in [6, 6.07) is 3.72. The van der Waals surface area contributed by atoms with Crippen LogP contribution in [-0.4, -0.2) is 22.8 Å². The number of benzene rings is 1. The van der Waals surface area contributed by atoms with E-state index in [4.69, 9.17) is 21.1 Å². The van der Waals surface area contributed by atoms with Crippen LogP contribution in [0, 0.1) is 5.92 Å². The number of ether oxygens (including phenoxy) is 2. The van der Waals surface area contributed by atoms with E-state index in [0.29, 0.717) is 42.2 Å². The van der Waals surface area contributed by atoms with E-state index in [1.165, 1.54) is 10.4 Å². The van der Waals surface area contributed by atoms with E-state index in [2.05, 4.69) is 11.9 Å². The van der Waals surface area contributed by atoms with Gasteiger partial charge in [0.25, 0.3) is 5.56 Å². The summed E-state index contributed by atoms with van der Waals surface area (Å²) < 4.78 is 12.9. The fourth-order valence-corrected chi connectivity index (χ4v) is 5.56. The lowest BCUT2D eigenvalue weighted by Gasteiger charge is -2.20. The van der Waals surface area contributed by atoms with Gasteiger partial charge >= 0.3 is 0 Å². The van der Waals surface area contributed by atoms with Crippen molar-refractivity contribution in [3.8, 4) is 11.5 Å². The number of rotatable bonds is 2. The Balaban J connectivity index is 1.55. The molecule has 1 aliphatic carbocycles. The number of hydrogen-bond donors (Lipinski definition) is 0. The molecule has 0 amide bonds. The molecule has 0 fully saturated rings. The Hall–Kier alpha value is -2.05. The van der Waals surface area contributed by atoms with Crippen LogP contribution < -0.4 is 15.0 Å². The molecular weight excluding hydrogens is 384 g/mol. The van der Waals surface area contributed by atoms with Gasteiger partial charge in [0.05, 0.1) is 23.3 Å². The van der Waals surface area contributed by atoms with Gasteiger partial charge < -0.3 is 9.47 Å². The van der Waals surface area contributed by atoms with E-state index in [1.807, 2.05) is 12.1 Å². The summed E-state index contributed by atoms with van der Waals surface area (Å²) in [5, 5.41) is 1.30. The second-order valence-corrected chi connectivity index (χ2v) is 8.80. The lowest BCUT2D eigenvalue weighted by Crippen LogP contribution is -2.22. The summed E-state index contributed by atoms with van der Waals surface area (Å²) in [5.74, 6) is 1.88. The van der Waals surface area contributed by atoms with Crippen molar-refractivity contribution in [3.05, 3.63) is 49.8 Å². The highest BCUT2D eigenvalue weighted by Crippen LogP contribution is 2.39. The maximum Gasteiger partial charge on any atom is 0.262 e. The number of aromatic nitrogens is 2. The highest BCUT2D eigenvalue weighted by molar-refractivity contribution is 7.18. The van der Waals surface area contributed by atoms with Crippen LogP contribution in [0.15, 0.2) is 23.3 Å². The molecule has 27 heavy (non-hydrogen) atoms. The third-order valence-electron chi connectivity index (χ3n) is 5.29. The number of nitrogens with zero attached hydrogens (tertiary/aromatic N) is 2. The minimum atomic E-state index is 0.0260. The fraction of sp³-hybridized carbons (Fsp3) is 0.400. The molecule has 1 atom stereocenters. The first-order valence-electron chi connectivity index (χ1n) is 9.18. The second kappa shape index (κ2) is 6.53. The van der Waals surface area contributed by atoms with Gasteiger partial charge in [-0.3, -0.25) is 9.36 Å². The fourth-order valence-electron chi connectivity index (χ4n) is 3.93. The maximum atomic E-state index is 13.2. The van der Waals surface area contributed by atoms with E-state index in [1.54, 1.807) is 22.2 Å². The minimum absolute atomic E-state index is 0.0260. The summed E-state index contributed by atoms with van der Waals surface area (Å²) in [6.07, 6.45) is 4.78. The van der Waals surface area contributed by atoms with Crippen molar-refractivity contribution in [1.82, 2.24) is 9.55 Å². The lowest BCUT2D eigenvalue weighted by molar-refractivity contribution is 0.171. The van der Waals surface area contributed by atoms with Crippen molar-refractivity contribution in [2.75, 3.05) is 13.2 Å². The zero-order chi connectivity index (χ0) is 18.5. The molecule has 2 aromatic heterocycles. The Kier molecular flexibility index (Phi) is 4.13. The monoisotopic (exact) mass is 402 g/mol. The number of hydrogen-bond acceptors (Lipinski definition) is 5. The molecule has 3 aromatic rings. The Morgan fingerprint density at radius 3 is 3.07 bits per heavy atom. The van der Waals surface area contributed by atoms with Crippen LogP contribution in [0.1, 0.15) is 29.3 Å². The minimum Gasteiger partial charge on any atom is -0.486 e. The van der Waals surface area contributed by atoms with Crippen LogP contribution >= 0.6 is 22.9 Å². The zero-order valence-electron chi connectivity index (χ0n) is 15.0. The average Bonchev–Trinajstić information content (AvgIpc) is 3.02. The third-order valence-corrected chi connectivity index (χ3v) is 6.73. The lowest BCUT2D eigenvalue weighted by atomic mass is 9.89. The molecule has 5 rings (SSSR count). The molecule has 0 N–H and O–H groups in total. The molecule has 1 unspecified atom stereocenters.